The molecule has 2 fully saturated rings. The third kappa shape index (κ3) is 2.86. The van der Waals surface area contributed by atoms with Gasteiger partial charge in [-0.15, -0.1) is 0 Å². The number of carbonyl (C=O) groups excluding carboxylic acids is 1. The Morgan fingerprint density at radius 2 is 2.15 bits per heavy atom. The van der Waals surface area contributed by atoms with Crippen LogP contribution in [-0.4, -0.2) is 45.7 Å². The lowest BCUT2D eigenvalue weighted by Crippen LogP contribution is -2.52. The zero-order chi connectivity index (χ0) is 19.1. The molecule has 1 saturated carbocycles. The molecule has 4 atom stereocenters. The molecule has 1 aromatic heterocycles. The summed E-state index contributed by atoms with van der Waals surface area (Å²) in [6, 6.07) is 3.87. The second-order valence-corrected chi connectivity index (χ2v) is 8.00. The third-order valence-corrected chi connectivity index (χ3v) is 6.65. The minimum absolute atomic E-state index is 0.0108. The van der Waals surface area contributed by atoms with E-state index < -0.39 is 0 Å². The summed E-state index contributed by atoms with van der Waals surface area (Å²) >= 11 is 0. The van der Waals surface area contributed by atoms with Gasteiger partial charge in [0.05, 0.1) is 12.1 Å². The average molecular weight is 371 g/mol. The first-order chi connectivity index (χ1) is 13.1. The fraction of sp³-hybridized carbons (Fsp3) is 0.619. The van der Waals surface area contributed by atoms with Gasteiger partial charge in [-0.25, -0.2) is 0 Å². The van der Waals surface area contributed by atoms with Crippen LogP contribution in [0.25, 0.3) is 6.08 Å². The van der Waals surface area contributed by atoms with Crippen molar-refractivity contribution in [3.05, 3.63) is 39.8 Å². The van der Waals surface area contributed by atoms with Crippen LogP contribution in [0, 0.1) is 11.8 Å². The number of likely N-dealkylation sites (N-methyl/N-ethyl adjacent to an activating group) is 1. The minimum Gasteiger partial charge on any atom is -0.396 e. The van der Waals surface area contributed by atoms with Gasteiger partial charge in [0.2, 0.25) is 5.91 Å². The standard InChI is InChI=1S/C21H29N3O3/c1-3-6-13-9-10-17-18-15(11-24(17)21(13)27)16(12-25)19(23(18)4-2)20(26)22-14-7-5-8-14/h3,6,9-10,14-16,18-19,25H,4-5,7-8,11-12H2,1-2H3,(H,22,26)/b6-3+/t15-,16-,18+,19-/m0/s1. The molecule has 146 valence electrons. The van der Waals surface area contributed by atoms with Gasteiger partial charge in [-0.1, -0.05) is 19.1 Å². The molecule has 0 bridgehead atoms. The van der Waals surface area contributed by atoms with Gasteiger partial charge in [0.25, 0.3) is 5.56 Å². The van der Waals surface area contributed by atoms with Gasteiger partial charge >= 0.3 is 0 Å². The lowest BCUT2D eigenvalue weighted by atomic mass is 9.87. The molecule has 1 aliphatic carbocycles. The first kappa shape index (κ1) is 18.4. The van der Waals surface area contributed by atoms with Crippen molar-refractivity contribution < 1.29 is 9.90 Å². The van der Waals surface area contributed by atoms with Gasteiger partial charge in [-0.3, -0.25) is 14.5 Å². The zero-order valence-corrected chi connectivity index (χ0v) is 16.1. The second-order valence-electron chi connectivity index (χ2n) is 8.00. The Morgan fingerprint density at radius 1 is 1.37 bits per heavy atom. The molecule has 0 radical (unpaired) electrons. The number of pyridine rings is 1. The number of amides is 1. The molecule has 1 saturated heterocycles. The van der Waals surface area contributed by atoms with Crippen molar-refractivity contribution in [2.75, 3.05) is 13.2 Å². The minimum atomic E-state index is -0.324. The molecule has 2 N–H and O–H groups in total. The van der Waals surface area contributed by atoms with Crippen LogP contribution in [0.5, 0.6) is 0 Å². The summed E-state index contributed by atoms with van der Waals surface area (Å²) in [6.07, 6.45) is 6.97. The van der Waals surface area contributed by atoms with Gasteiger partial charge < -0.3 is 15.0 Å². The van der Waals surface area contributed by atoms with E-state index in [1.54, 1.807) is 0 Å². The van der Waals surface area contributed by atoms with Crippen LogP contribution in [0.2, 0.25) is 0 Å². The van der Waals surface area contributed by atoms with Gasteiger partial charge in [0.15, 0.2) is 0 Å². The number of nitrogens with one attached hydrogen (secondary N) is 1. The Hall–Kier alpha value is -1.92. The Balaban J connectivity index is 1.68. The van der Waals surface area contributed by atoms with E-state index in [0.29, 0.717) is 18.7 Å². The number of aliphatic hydroxyl groups is 1. The zero-order valence-electron chi connectivity index (χ0n) is 16.1. The van der Waals surface area contributed by atoms with Crippen LogP contribution in [0.4, 0.5) is 0 Å². The first-order valence-electron chi connectivity index (χ1n) is 10.1. The molecule has 0 spiro atoms. The number of rotatable bonds is 5. The normalized spacial score (nSPS) is 30.3. The molecule has 6 nitrogen and oxygen atoms in total. The smallest absolute Gasteiger partial charge is 0.258 e. The highest BCUT2D eigenvalue weighted by Gasteiger charge is 2.55. The van der Waals surface area contributed by atoms with Crippen LogP contribution in [0.1, 0.15) is 50.4 Å². The van der Waals surface area contributed by atoms with E-state index in [0.717, 1.165) is 18.5 Å². The Kier molecular flexibility index (Phi) is 4.95. The number of nitrogens with zero attached hydrogens (tertiary/aromatic N) is 2. The van der Waals surface area contributed by atoms with Crippen LogP contribution in [-0.2, 0) is 11.3 Å². The third-order valence-electron chi connectivity index (χ3n) is 6.65. The molecule has 27 heavy (non-hydrogen) atoms. The Bertz CT molecular complexity index is 811. The topological polar surface area (TPSA) is 74.6 Å². The molecule has 1 aromatic rings. The highest BCUT2D eigenvalue weighted by molar-refractivity contribution is 5.83. The van der Waals surface area contributed by atoms with Crippen LogP contribution >= 0.6 is 0 Å². The summed E-state index contributed by atoms with van der Waals surface area (Å²) in [6.45, 7) is 5.20. The summed E-state index contributed by atoms with van der Waals surface area (Å²) in [5, 5.41) is 13.3. The predicted octanol–water partition coefficient (Wildman–Crippen LogP) is 1.53. The fourth-order valence-corrected chi connectivity index (χ4v) is 5.14. The van der Waals surface area contributed by atoms with Crippen molar-refractivity contribution >= 4 is 12.0 Å². The molecule has 2 aliphatic heterocycles. The summed E-state index contributed by atoms with van der Waals surface area (Å²) in [5.74, 6) is -0.0328. The number of likely N-dealkylation sites (tertiary alicyclic amines) is 1. The Morgan fingerprint density at radius 3 is 2.74 bits per heavy atom. The quantitative estimate of drug-likeness (QED) is 0.823. The van der Waals surface area contributed by atoms with Crippen LogP contribution < -0.4 is 10.9 Å². The van der Waals surface area contributed by atoms with Crippen molar-refractivity contribution in [3.8, 4) is 0 Å². The number of allylic oxidation sites excluding steroid dienone is 1. The molecular weight excluding hydrogens is 342 g/mol. The number of aliphatic hydroxyl groups excluding tert-OH is 1. The van der Waals surface area contributed by atoms with Crippen molar-refractivity contribution in [1.29, 1.82) is 0 Å². The predicted molar refractivity (Wildman–Crippen MR) is 104 cm³/mol. The highest BCUT2D eigenvalue weighted by Crippen LogP contribution is 2.49. The van der Waals surface area contributed by atoms with Crippen molar-refractivity contribution in [1.82, 2.24) is 14.8 Å². The molecule has 0 unspecified atom stereocenters. The fourth-order valence-electron chi connectivity index (χ4n) is 5.14. The van der Waals surface area contributed by atoms with E-state index in [-0.39, 0.29) is 48.0 Å². The van der Waals surface area contributed by atoms with E-state index in [9.17, 15) is 14.7 Å². The summed E-state index contributed by atoms with van der Waals surface area (Å²) in [5.41, 5.74) is 1.67. The van der Waals surface area contributed by atoms with Crippen molar-refractivity contribution in [2.24, 2.45) is 11.8 Å². The SMILES string of the molecule is C/C=C/c1ccc2n(c1=O)C[C@H]1[C@H](CO)[C@@H](C(=O)NC3CCC3)N(CC)[C@@H]21. The number of hydrogen-bond donors (Lipinski definition) is 2. The lowest BCUT2D eigenvalue weighted by Gasteiger charge is -2.33. The van der Waals surface area contributed by atoms with Crippen molar-refractivity contribution in [2.45, 2.75) is 57.8 Å². The monoisotopic (exact) mass is 371 g/mol. The number of fused-ring (bicyclic) bond motifs is 3. The molecule has 0 aromatic carbocycles. The average Bonchev–Trinajstić information content (AvgIpc) is 3.15. The van der Waals surface area contributed by atoms with E-state index in [1.165, 1.54) is 6.42 Å². The van der Waals surface area contributed by atoms with Crippen LogP contribution in [0.3, 0.4) is 0 Å². The molecular formula is C21H29N3O3. The van der Waals surface area contributed by atoms with E-state index in [2.05, 4.69) is 17.1 Å². The van der Waals surface area contributed by atoms with E-state index >= 15 is 0 Å². The van der Waals surface area contributed by atoms with Gasteiger partial charge in [0, 0.05) is 42.3 Å². The highest BCUT2D eigenvalue weighted by atomic mass is 16.3. The maximum Gasteiger partial charge on any atom is 0.258 e. The second kappa shape index (κ2) is 7.24. The summed E-state index contributed by atoms with van der Waals surface area (Å²) in [7, 11) is 0. The number of aromatic nitrogens is 1. The molecule has 6 heteroatoms. The van der Waals surface area contributed by atoms with Gasteiger partial charge in [-0.05, 0) is 44.9 Å². The molecule has 1 amide bonds. The van der Waals surface area contributed by atoms with E-state index in [4.69, 9.17) is 0 Å². The molecule has 3 aliphatic rings. The summed E-state index contributed by atoms with van der Waals surface area (Å²) < 4.78 is 1.84. The van der Waals surface area contributed by atoms with E-state index in [1.807, 2.05) is 35.8 Å². The molecule has 4 rings (SSSR count). The molecule has 3 heterocycles. The maximum absolute atomic E-state index is 13.0. The number of carbonyl (C=O) groups is 1. The van der Waals surface area contributed by atoms with Crippen LogP contribution in [0.15, 0.2) is 23.0 Å². The Labute approximate surface area is 159 Å². The van der Waals surface area contributed by atoms with Crippen molar-refractivity contribution in [3.63, 3.8) is 0 Å². The maximum atomic E-state index is 13.0. The van der Waals surface area contributed by atoms with Gasteiger partial charge in [0.1, 0.15) is 0 Å². The number of hydrogen-bond acceptors (Lipinski definition) is 4. The van der Waals surface area contributed by atoms with Gasteiger partial charge in [-0.2, -0.15) is 0 Å². The largest absolute Gasteiger partial charge is 0.396 e. The lowest BCUT2D eigenvalue weighted by molar-refractivity contribution is -0.129. The summed E-state index contributed by atoms with van der Waals surface area (Å²) in [4.78, 5) is 28.0. The first-order valence-corrected chi connectivity index (χ1v) is 10.1.